The zero-order chi connectivity index (χ0) is 22.3. The molecule has 0 bridgehead atoms. The molecule has 31 heavy (non-hydrogen) atoms. The third kappa shape index (κ3) is 3.84. The zero-order valence-corrected chi connectivity index (χ0v) is 17.9. The highest BCUT2D eigenvalue weighted by atomic mass is 32.2. The Balaban J connectivity index is 1.66. The summed E-state index contributed by atoms with van der Waals surface area (Å²) >= 11 is -2.53. The van der Waals surface area contributed by atoms with Crippen molar-refractivity contribution in [3.05, 3.63) is 47.2 Å². The molecule has 1 amide bonds. The molecule has 1 aliphatic heterocycles. The molecule has 1 aromatic carbocycles. The summed E-state index contributed by atoms with van der Waals surface area (Å²) in [5, 5.41) is 16.3. The smallest absolute Gasteiger partial charge is 0.260 e. The summed E-state index contributed by atoms with van der Waals surface area (Å²) < 4.78 is 28.5. The van der Waals surface area contributed by atoms with Crippen LogP contribution in [0.25, 0.3) is 0 Å². The average molecular weight is 441 g/mol. The summed E-state index contributed by atoms with van der Waals surface area (Å²) in [6, 6.07) is 7.93. The second-order valence-electron chi connectivity index (χ2n) is 7.62. The summed E-state index contributed by atoms with van der Waals surface area (Å²) in [5.74, 6) is 0.762. The largest absolute Gasteiger partial charge is 0.768 e. The van der Waals surface area contributed by atoms with Gasteiger partial charge < -0.3 is 14.2 Å². The Morgan fingerprint density at radius 2 is 2.16 bits per heavy atom. The van der Waals surface area contributed by atoms with Crippen molar-refractivity contribution in [3.8, 4) is 5.75 Å². The molecule has 4 rings (SSSR count). The molecule has 0 saturated heterocycles. The first-order chi connectivity index (χ1) is 14.8. The van der Waals surface area contributed by atoms with Crippen molar-refractivity contribution in [2.75, 3.05) is 12.0 Å². The Morgan fingerprint density at radius 1 is 1.42 bits per heavy atom. The van der Waals surface area contributed by atoms with E-state index >= 15 is 0 Å². The molecule has 1 saturated carbocycles. The lowest BCUT2D eigenvalue weighted by Gasteiger charge is -2.27. The van der Waals surface area contributed by atoms with E-state index in [1.165, 1.54) is 24.1 Å². The van der Waals surface area contributed by atoms with Crippen LogP contribution in [-0.2, 0) is 17.6 Å². The minimum absolute atomic E-state index is 0.0161. The number of fused-ring (bicyclic) bond motifs is 1. The predicted octanol–water partition coefficient (Wildman–Crippen LogP) is 2.52. The van der Waals surface area contributed by atoms with Crippen LogP contribution in [0.2, 0.25) is 0 Å². The maximum absolute atomic E-state index is 13.0. The lowest BCUT2D eigenvalue weighted by molar-refractivity contribution is 0.0995. The van der Waals surface area contributed by atoms with E-state index in [1.807, 2.05) is 6.92 Å². The van der Waals surface area contributed by atoms with Gasteiger partial charge in [0.15, 0.2) is 5.84 Å². The highest BCUT2D eigenvalue weighted by molar-refractivity contribution is 7.79. The Hall–Kier alpha value is -3.11. The van der Waals surface area contributed by atoms with Gasteiger partial charge in [-0.15, -0.1) is 0 Å². The lowest BCUT2D eigenvalue weighted by atomic mass is 10.1. The molecule has 162 valence electrons. The summed E-state index contributed by atoms with van der Waals surface area (Å²) in [6.45, 7) is 2.04. The first kappa shape index (κ1) is 21.1. The van der Waals surface area contributed by atoms with Crippen LogP contribution in [0.5, 0.6) is 5.75 Å². The van der Waals surface area contributed by atoms with Gasteiger partial charge in [-0.2, -0.15) is 0 Å². The maximum Gasteiger partial charge on any atom is 0.260 e. The van der Waals surface area contributed by atoms with Crippen molar-refractivity contribution < 1.29 is 18.3 Å². The molecule has 2 N–H and O–H groups in total. The topological polar surface area (TPSA) is 134 Å². The van der Waals surface area contributed by atoms with E-state index < -0.39 is 11.1 Å². The van der Waals surface area contributed by atoms with Gasteiger partial charge in [-0.1, -0.05) is 6.07 Å². The van der Waals surface area contributed by atoms with Gasteiger partial charge in [0, 0.05) is 16.5 Å². The number of benzene rings is 1. The van der Waals surface area contributed by atoms with E-state index in [4.69, 9.17) is 15.6 Å². The van der Waals surface area contributed by atoms with Crippen LogP contribution in [0.4, 0.5) is 5.82 Å². The normalized spacial score (nSPS) is 17.1. The van der Waals surface area contributed by atoms with Gasteiger partial charge in [0.25, 0.3) is 5.91 Å². The van der Waals surface area contributed by atoms with Crippen molar-refractivity contribution in [3.63, 3.8) is 0 Å². The number of nitrogens with zero attached hydrogens (tertiary/aromatic N) is 3. The SMILES string of the molecule is COc1cc2c(c(S(=O)[O-])c1)CN(c1cccc(C(=N)N(C=N)C(C)C3CC3)n1)C2=O. The van der Waals surface area contributed by atoms with E-state index in [0.717, 1.165) is 19.2 Å². The van der Waals surface area contributed by atoms with Gasteiger partial charge in [-0.3, -0.25) is 24.7 Å². The number of anilines is 1. The molecule has 1 aromatic heterocycles. The first-order valence-corrected chi connectivity index (χ1v) is 10.9. The molecular formula is C21H22N5O4S-. The highest BCUT2D eigenvalue weighted by Gasteiger charge is 2.35. The summed E-state index contributed by atoms with van der Waals surface area (Å²) in [7, 11) is 1.41. The molecule has 1 aliphatic carbocycles. The van der Waals surface area contributed by atoms with Crippen LogP contribution in [0.15, 0.2) is 35.2 Å². The number of carbonyl (C=O) groups is 1. The van der Waals surface area contributed by atoms with Gasteiger partial charge in [-0.25, -0.2) is 4.98 Å². The number of pyridine rings is 1. The number of hydrogen-bond donors (Lipinski definition) is 2. The van der Waals surface area contributed by atoms with Gasteiger partial charge in [0.2, 0.25) is 0 Å². The van der Waals surface area contributed by atoms with E-state index in [2.05, 4.69) is 4.98 Å². The van der Waals surface area contributed by atoms with Crippen molar-refractivity contribution in [2.45, 2.75) is 37.2 Å². The third-order valence-electron chi connectivity index (χ3n) is 5.78. The van der Waals surface area contributed by atoms with Crippen LogP contribution < -0.4 is 9.64 Å². The van der Waals surface area contributed by atoms with Crippen LogP contribution in [0, 0.1) is 16.7 Å². The number of ether oxygens (including phenoxy) is 1. The minimum Gasteiger partial charge on any atom is -0.768 e. The van der Waals surface area contributed by atoms with Crippen molar-refractivity contribution >= 4 is 35.0 Å². The summed E-state index contributed by atoms with van der Waals surface area (Å²) in [5.41, 5.74) is 0.983. The Kier molecular flexibility index (Phi) is 5.59. The Bertz CT molecular complexity index is 1100. The second-order valence-corrected chi connectivity index (χ2v) is 8.53. The molecule has 10 heteroatoms. The molecule has 2 atom stereocenters. The predicted molar refractivity (Wildman–Crippen MR) is 115 cm³/mol. The quantitative estimate of drug-likeness (QED) is 0.386. The van der Waals surface area contributed by atoms with E-state index in [-0.39, 0.29) is 40.5 Å². The number of carbonyl (C=O) groups excluding carboxylic acids is 1. The fourth-order valence-corrected chi connectivity index (χ4v) is 4.42. The van der Waals surface area contributed by atoms with Crippen LogP contribution in [-0.4, -0.2) is 49.9 Å². The number of nitrogens with one attached hydrogen (secondary N) is 2. The van der Waals surface area contributed by atoms with E-state index in [0.29, 0.717) is 23.0 Å². The first-order valence-electron chi connectivity index (χ1n) is 9.82. The molecule has 2 heterocycles. The molecular weight excluding hydrogens is 418 g/mol. The molecule has 0 spiro atoms. The number of rotatable bonds is 7. The fraction of sp³-hybridized carbons (Fsp3) is 0.333. The molecule has 1 fully saturated rings. The van der Waals surface area contributed by atoms with E-state index in [9.17, 15) is 13.6 Å². The van der Waals surface area contributed by atoms with Gasteiger partial charge >= 0.3 is 0 Å². The third-order valence-corrected chi connectivity index (χ3v) is 6.51. The maximum atomic E-state index is 13.0. The summed E-state index contributed by atoms with van der Waals surface area (Å²) in [4.78, 5) is 20.5. The van der Waals surface area contributed by atoms with Gasteiger partial charge in [0.1, 0.15) is 17.3 Å². The van der Waals surface area contributed by atoms with E-state index in [1.54, 1.807) is 23.1 Å². The number of amides is 1. The minimum atomic E-state index is -2.53. The number of methoxy groups -OCH3 is 1. The Morgan fingerprint density at radius 3 is 2.77 bits per heavy atom. The van der Waals surface area contributed by atoms with Gasteiger partial charge in [0.05, 0.1) is 20.0 Å². The highest BCUT2D eigenvalue weighted by Crippen LogP contribution is 2.36. The van der Waals surface area contributed by atoms with Crippen LogP contribution in [0.3, 0.4) is 0 Å². The molecule has 2 aromatic rings. The molecule has 2 aliphatic rings. The number of amidine groups is 1. The summed E-state index contributed by atoms with van der Waals surface area (Å²) in [6.07, 6.45) is 3.30. The standard InChI is InChI=1S/C21H23N5O4S/c1-12(13-6-7-13)26(11-22)20(23)17-4-3-5-19(24-17)25-10-16-15(21(25)27)8-14(30-2)9-18(16)31(28)29/h3-5,8-9,11-13,22-23H,6-7,10H2,1-2H3,(H,28,29)/p-1. The van der Waals surface area contributed by atoms with Crippen molar-refractivity contribution in [1.82, 2.24) is 9.88 Å². The van der Waals surface area contributed by atoms with Crippen LogP contribution >= 0.6 is 0 Å². The number of hydrogen-bond acceptors (Lipinski definition) is 7. The molecule has 0 radical (unpaired) electrons. The monoisotopic (exact) mass is 440 g/mol. The van der Waals surface area contributed by atoms with Gasteiger partial charge in [-0.05, 0) is 66.6 Å². The molecule has 2 unspecified atom stereocenters. The van der Waals surface area contributed by atoms with Crippen molar-refractivity contribution in [2.24, 2.45) is 5.92 Å². The zero-order valence-electron chi connectivity index (χ0n) is 17.1. The number of aromatic nitrogens is 1. The fourth-order valence-electron chi connectivity index (χ4n) is 3.83. The van der Waals surface area contributed by atoms with Crippen LogP contribution in [0.1, 0.15) is 41.4 Å². The van der Waals surface area contributed by atoms with Crippen molar-refractivity contribution in [1.29, 1.82) is 10.8 Å². The average Bonchev–Trinajstić information content (AvgIpc) is 3.57. The molecule has 9 nitrogen and oxygen atoms in total. The Labute approximate surface area is 182 Å². The lowest BCUT2D eigenvalue weighted by Crippen LogP contribution is -2.39. The second kappa shape index (κ2) is 8.20.